The van der Waals surface area contributed by atoms with Gasteiger partial charge in [0.1, 0.15) is 5.82 Å². The van der Waals surface area contributed by atoms with Crippen LogP contribution in [0.15, 0.2) is 24.3 Å². The van der Waals surface area contributed by atoms with E-state index in [4.69, 9.17) is 5.73 Å². The maximum Gasteiger partial charge on any atom is 0.123 e. The van der Waals surface area contributed by atoms with Crippen molar-refractivity contribution in [2.75, 3.05) is 13.1 Å². The molecule has 0 unspecified atom stereocenters. The summed E-state index contributed by atoms with van der Waals surface area (Å²) < 4.78 is 13.0. The van der Waals surface area contributed by atoms with E-state index >= 15 is 0 Å². The van der Waals surface area contributed by atoms with E-state index in [0.717, 1.165) is 25.1 Å². The van der Waals surface area contributed by atoms with E-state index in [1.807, 2.05) is 6.07 Å². The lowest BCUT2D eigenvalue weighted by Gasteiger charge is -2.29. The molecule has 1 aliphatic rings. The summed E-state index contributed by atoms with van der Waals surface area (Å²) in [6.45, 7) is 1.79. The minimum Gasteiger partial charge on any atom is -0.326 e. The molecule has 3 heteroatoms. The first-order valence-electron chi connectivity index (χ1n) is 4.99. The van der Waals surface area contributed by atoms with Crippen LogP contribution in [-0.2, 0) is 0 Å². The third-order valence-electron chi connectivity index (χ3n) is 2.81. The quantitative estimate of drug-likeness (QED) is 0.705. The van der Waals surface area contributed by atoms with Gasteiger partial charge in [-0.3, -0.25) is 0 Å². The molecule has 76 valence electrons. The molecule has 0 spiro atoms. The van der Waals surface area contributed by atoms with Crippen LogP contribution in [0.5, 0.6) is 0 Å². The van der Waals surface area contributed by atoms with Crippen LogP contribution in [0.4, 0.5) is 4.39 Å². The fourth-order valence-electron chi connectivity index (χ4n) is 2.03. The molecule has 1 aromatic rings. The number of hydrogen-bond donors (Lipinski definition) is 2. The zero-order valence-corrected chi connectivity index (χ0v) is 8.04. The van der Waals surface area contributed by atoms with Crippen molar-refractivity contribution in [1.29, 1.82) is 0 Å². The first kappa shape index (κ1) is 9.62. The van der Waals surface area contributed by atoms with Gasteiger partial charge in [0.25, 0.3) is 0 Å². The van der Waals surface area contributed by atoms with E-state index in [0.29, 0.717) is 5.92 Å². The molecule has 0 aliphatic carbocycles. The summed E-state index contributed by atoms with van der Waals surface area (Å²) in [6, 6.07) is 6.87. The van der Waals surface area contributed by atoms with Gasteiger partial charge in [-0.05, 0) is 30.7 Å². The van der Waals surface area contributed by atoms with Crippen LogP contribution in [-0.4, -0.2) is 19.1 Å². The Bertz CT molecular complexity index is 314. The number of benzene rings is 1. The van der Waals surface area contributed by atoms with E-state index in [2.05, 4.69) is 5.32 Å². The summed E-state index contributed by atoms with van der Waals surface area (Å²) in [5.74, 6) is 0.125. The number of nitrogens with one attached hydrogen (secondary N) is 1. The van der Waals surface area contributed by atoms with E-state index in [9.17, 15) is 4.39 Å². The van der Waals surface area contributed by atoms with Crippen molar-refractivity contribution in [2.45, 2.75) is 18.4 Å². The molecule has 1 aliphatic heterocycles. The molecule has 0 saturated carbocycles. The van der Waals surface area contributed by atoms with Crippen LogP contribution in [0.25, 0.3) is 0 Å². The van der Waals surface area contributed by atoms with Crippen molar-refractivity contribution in [3.63, 3.8) is 0 Å². The standard InChI is InChI=1S/C11H15FN2/c12-9-3-1-2-8(6-9)10-4-5-14-7-11(10)13/h1-3,6,10-11,14H,4-5,7,13H2/t10-,11-/m1/s1. The number of hydrogen-bond acceptors (Lipinski definition) is 2. The SMILES string of the molecule is N[C@@H]1CNCC[C@@H]1c1cccc(F)c1. The Balaban J connectivity index is 2.20. The minimum atomic E-state index is -0.173. The van der Waals surface area contributed by atoms with Gasteiger partial charge >= 0.3 is 0 Å². The Labute approximate surface area is 83.3 Å². The third kappa shape index (κ3) is 1.94. The highest BCUT2D eigenvalue weighted by Crippen LogP contribution is 2.24. The van der Waals surface area contributed by atoms with Crippen LogP contribution >= 0.6 is 0 Å². The zero-order chi connectivity index (χ0) is 9.97. The van der Waals surface area contributed by atoms with Gasteiger partial charge < -0.3 is 11.1 Å². The minimum absolute atomic E-state index is 0.102. The maximum atomic E-state index is 13.0. The Morgan fingerprint density at radius 3 is 3.00 bits per heavy atom. The highest BCUT2D eigenvalue weighted by Gasteiger charge is 2.22. The molecule has 1 aromatic carbocycles. The normalized spacial score (nSPS) is 27.6. The first-order chi connectivity index (χ1) is 6.77. The summed E-state index contributed by atoms with van der Waals surface area (Å²) in [5.41, 5.74) is 7.00. The van der Waals surface area contributed by atoms with Crippen molar-refractivity contribution in [1.82, 2.24) is 5.32 Å². The van der Waals surface area contributed by atoms with Gasteiger partial charge in [-0.1, -0.05) is 12.1 Å². The largest absolute Gasteiger partial charge is 0.326 e. The Kier molecular flexibility index (Phi) is 2.79. The molecule has 2 rings (SSSR count). The third-order valence-corrected chi connectivity index (χ3v) is 2.81. The average molecular weight is 194 g/mol. The van der Waals surface area contributed by atoms with E-state index in [1.165, 1.54) is 6.07 Å². The molecule has 1 heterocycles. The number of rotatable bonds is 1. The van der Waals surface area contributed by atoms with Crippen LogP contribution in [0.3, 0.4) is 0 Å². The highest BCUT2D eigenvalue weighted by atomic mass is 19.1. The molecule has 14 heavy (non-hydrogen) atoms. The summed E-state index contributed by atoms with van der Waals surface area (Å²) in [7, 11) is 0. The van der Waals surface area contributed by atoms with Gasteiger partial charge in [-0.25, -0.2) is 4.39 Å². The second-order valence-corrected chi connectivity index (χ2v) is 3.82. The zero-order valence-electron chi connectivity index (χ0n) is 8.04. The average Bonchev–Trinajstić information content (AvgIpc) is 2.18. The molecule has 0 radical (unpaired) electrons. The van der Waals surface area contributed by atoms with Crippen LogP contribution in [0.1, 0.15) is 17.9 Å². The van der Waals surface area contributed by atoms with Crippen molar-refractivity contribution in [2.24, 2.45) is 5.73 Å². The molecule has 1 saturated heterocycles. The topological polar surface area (TPSA) is 38.0 Å². The molecular weight excluding hydrogens is 179 g/mol. The van der Waals surface area contributed by atoms with E-state index in [1.54, 1.807) is 12.1 Å². The number of piperidine rings is 1. The lowest BCUT2D eigenvalue weighted by Crippen LogP contribution is -2.44. The number of nitrogens with two attached hydrogens (primary N) is 1. The molecule has 0 amide bonds. The number of halogens is 1. The second-order valence-electron chi connectivity index (χ2n) is 3.82. The maximum absolute atomic E-state index is 13.0. The smallest absolute Gasteiger partial charge is 0.123 e. The van der Waals surface area contributed by atoms with Crippen LogP contribution in [0.2, 0.25) is 0 Å². The van der Waals surface area contributed by atoms with Gasteiger partial charge in [0.15, 0.2) is 0 Å². The van der Waals surface area contributed by atoms with Crippen molar-refractivity contribution in [3.8, 4) is 0 Å². The van der Waals surface area contributed by atoms with Crippen LogP contribution in [0, 0.1) is 5.82 Å². The summed E-state index contributed by atoms with van der Waals surface area (Å²) in [4.78, 5) is 0. The fourth-order valence-corrected chi connectivity index (χ4v) is 2.03. The molecule has 0 bridgehead atoms. The van der Waals surface area contributed by atoms with Gasteiger partial charge in [-0.2, -0.15) is 0 Å². The summed E-state index contributed by atoms with van der Waals surface area (Å²) in [6.07, 6.45) is 0.991. The molecule has 2 nitrogen and oxygen atoms in total. The molecule has 1 fully saturated rings. The molecule has 2 atom stereocenters. The van der Waals surface area contributed by atoms with Crippen molar-refractivity contribution in [3.05, 3.63) is 35.6 Å². The monoisotopic (exact) mass is 194 g/mol. The van der Waals surface area contributed by atoms with Crippen LogP contribution < -0.4 is 11.1 Å². The van der Waals surface area contributed by atoms with Gasteiger partial charge in [-0.15, -0.1) is 0 Å². The fraction of sp³-hybridized carbons (Fsp3) is 0.455. The predicted molar refractivity (Wildman–Crippen MR) is 54.6 cm³/mol. The highest BCUT2D eigenvalue weighted by molar-refractivity contribution is 5.23. The van der Waals surface area contributed by atoms with Crippen molar-refractivity contribution >= 4 is 0 Å². The Hall–Kier alpha value is -0.930. The lowest BCUT2D eigenvalue weighted by atomic mass is 9.87. The Morgan fingerprint density at radius 1 is 1.43 bits per heavy atom. The Morgan fingerprint density at radius 2 is 2.29 bits per heavy atom. The summed E-state index contributed by atoms with van der Waals surface area (Å²) >= 11 is 0. The first-order valence-corrected chi connectivity index (χ1v) is 4.99. The second kappa shape index (κ2) is 4.07. The van der Waals surface area contributed by atoms with Gasteiger partial charge in [0.05, 0.1) is 0 Å². The van der Waals surface area contributed by atoms with Gasteiger partial charge in [0.2, 0.25) is 0 Å². The molecule has 3 N–H and O–H groups in total. The molecular formula is C11H15FN2. The summed E-state index contributed by atoms with van der Waals surface area (Å²) in [5, 5.41) is 3.23. The molecule has 0 aromatic heterocycles. The van der Waals surface area contributed by atoms with E-state index < -0.39 is 0 Å². The predicted octanol–water partition coefficient (Wildman–Crippen LogP) is 1.23. The van der Waals surface area contributed by atoms with E-state index in [-0.39, 0.29) is 11.9 Å². The lowest BCUT2D eigenvalue weighted by molar-refractivity contribution is 0.402. The van der Waals surface area contributed by atoms with Gasteiger partial charge in [0, 0.05) is 18.5 Å². The van der Waals surface area contributed by atoms with Crippen molar-refractivity contribution < 1.29 is 4.39 Å².